The summed E-state index contributed by atoms with van der Waals surface area (Å²) in [4.78, 5) is 0. The summed E-state index contributed by atoms with van der Waals surface area (Å²) >= 11 is 5.87. The van der Waals surface area contributed by atoms with E-state index in [0.717, 1.165) is 13.0 Å². The fraction of sp³-hybridized carbons (Fsp3) is 0.600. The van der Waals surface area contributed by atoms with Gasteiger partial charge in [0, 0.05) is 17.7 Å². The first-order chi connectivity index (χ1) is 10.0. The van der Waals surface area contributed by atoms with E-state index < -0.39 is 13.0 Å². The van der Waals surface area contributed by atoms with Gasteiger partial charge < -0.3 is 10.1 Å². The van der Waals surface area contributed by atoms with Crippen molar-refractivity contribution in [2.75, 3.05) is 19.8 Å². The first-order valence-corrected chi connectivity index (χ1v) is 7.44. The van der Waals surface area contributed by atoms with Crippen LogP contribution < -0.4 is 5.32 Å². The minimum absolute atomic E-state index is 0.0319. The number of alkyl halides is 2. The molecule has 1 rings (SSSR count). The highest BCUT2D eigenvalue weighted by molar-refractivity contribution is 6.30. The van der Waals surface area contributed by atoms with E-state index in [4.69, 9.17) is 16.3 Å². The molecule has 0 aromatic heterocycles. The fourth-order valence-electron chi connectivity index (χ4n) is 1.99. The van der Waals surface area contributed by atoms with Crippen molar-refractivity contribution in [3.8, 4) is 0 Å². The van der Waals surface area contributed by atoms with Gasteiger partial charge in [-0.2, -0.15) is 0 Å². The number of hydrogen-bond acceptors (Lipinski definition) is 2. The van der Waals surface area contributed by atoms with Gasteiger partial charge in [-0.15, -0.1) is 0 Å². The highest BCUT2D eigenvalue weighted by Gasteiger charge is 2.13. The number of ether oxygens (including phenoxy) is 1. The first-order valence-electron chi connectivity index (χ1n) is 7.06. The van der Waals surface area contributed by atoms with Crippen molar-refractivity contribution >= 4 is 11.6 Å². The Balaban J connectivity index is 2.54. The van der Waals surface area contributed by atoms with E-state index in [1.165, 1.54) is 12.1 Å². The van der Waals surface area contributed by atoms with Crippen molar-refractivity contribution in [2.45, 2.75) is 38.7 Å². The van der Waals surface area contributed by atoms with Gasteiger partial charge in [0.15, 0.2) is 0 Å². The summed E-state index contributed by atoms with van der Waals surface area (Å²) in [6, 6.07) is 4.40. The van der Waals surface area contributed by atoms with Gasteiger partial charge in [0.2, 0.25) is 0 Å². The molecule has 0 bridgehead atoms. The van der Waals surface area contributed by atoms with E-state index in [2.05, 4.69) is 5.32 Å². The zero-order valence-corrected chi connectivity index (χ0v) is 12.8. The van der Waals surface area contributed by atoms with Crippen molar-refractivity contribution in [2.24, 2.45) is 0 Å². The Morgan fingerprint density at radius 1 is 1.33 bits per heavy atom. The molecule has 0 saturated heterocycles. The van der Waals surface area contributed by atoms with Gasteiger partial charge >= 0.3 is 0 Å². The Morgan fingerprint density at radius 2 is 2.10 bits per heavy atom. The number of nitrogens with one attached hydrogen (secondary N) is 1. The molecule has 1 aromatic rings. The highest BCUT2D eigenvalue weighted by Crippen LogP contribution is 2.17. The molecule has 0 amide bonds. The molecule has 6 heteroatoms. The predicted molar refractivity (Wildman–Crippen MR) is 78.6 cm³/mol. The molecule has 0 heterocycles. The van der Waals surface area contributed by atoms with E-state index in [-0.39, 0.29) is 18.5 Å². The second-order valence-electron chi connectivity index (χ2n) is 4.85. The standard InChI is InChI=1S/C15H21ClF3NO/c1-2-6-20-13(5-7-21-10-15(18)19)9-11-8-12(16)3-4-14(11)17/h3-4,8,13,15,20H,2,5-7,9-10H2,1H3. The lowest BCUT2D eigenvalue weighted by Crippen LogP contribution is -2.33. The summed E-state index contributed by atoms with van der Waals surface area (Å²) in [6.45, 7) is 2.46. The summed E-state index contributed by atoms with van der Waals surface area (Å²) in [5.41, 5.74) is 0.518. The largest absolute Gasteiger partial charge is 0.375 e. The molecule has 0 aliphatic carbocycles. The maximum Gasteiger partial charge on any atom is 0.261 e. The molecule has 1 N–H and O–H groups in total. The Labute approximate surface area is 128 Å². The maximum atomic E-state index is 13.7. The minimum Gasteiger partial charge on any atom is -0.375 e. The summed E-state index contributed by atoms with van der Waals surface area (Å²) < 4.78 is 42.6. The molecule has 2 nitrogen and oxygen atoms in total. The van der Waals surface area contributed by atoms with Crippen molar-refractivity contribution < 1.29 is 17.9 Å². The summed E-state index contributed by atoms with van der Waals surface area (Å²) in [5.74, 6) is -0.309. The van der Waals surface area contributed by atoms with Gasteiger partial charge in [-0.1, -0.05) is 18.5 Å². The number of halogens is 4. The molecule has 0 saturated carbocycles. The van der Waals surface area contributed by atoms with Gasteiger partial charge in [-0.05, 0) is 49.6 Å². The van der Waals surface area contributed by atoms with Crippen molar-refractivity contribution in [3.05, 3.63) is 34.6 Å². The van der Waals surface area contributed by atoms with Crippen LogP contribution in [0.1, 0.15) is 25.3 Å². The topological polar surface area (TPSA) is 21.3 Å². The molecular formula is C15H21ClF3NO. The quantitative estimate of drug-likeness (QED) is 0.656. The number of rotatable bonds is 10. The summed E-state index contributed by atoms with van der Waals surface area (Å²) in [6.07, 6.45) is -0.535. The maximum absolute atomic E-state index is 13.7. The van der Waals surface area contributed by atoms with Crippen LogP contribution in [-0.2, 0) is 11.2 Å². The molecule has 1 aromatic carbocycles. The van der Waals surface area contributed by atoms with Crippen LogP contribution in [0, 0.1) is 5.82 Å². The molecule has 1 atom stereocenters. The highest BCUT2D eigenvalue weighted by atomic mass is 35.5. The average molecular weight is 324 g/mol. The van der Waals surface area contributed by atoms with E-state index in [1.54, 1.807) is 6.07 Å². The zero-order valence-electron chi connectivity index (χ0n) is 12.0. The SMILES string of the molecule is CCCNC(CCOCC(F)F)Cc1cc(Cl)ccc1F. The molecule has 0 radical (unpaired) electrons. The van der Waals surface area contributed by atoms with Crippen LogP contribution in [0.5, 0.6) is 0 Å². The molecular weight excluding hydrogens is 303 g/mol. The van der Waals surface area contributed by atoms with E-state index in [1.807, 2.05) is 6.92 Å². The monoisotopic (exact) mass is 323 g/mol. The Kier molecular flexibility index (Phi) is 8.73. The fourth-order valence-corrected chi connectivity index (χ4v) is 2.18. The van der Waals surface area contributed by atoms with Crippen LogP contribution in [0.3, 0.4) is 0 Å². The van der Waals surface area contributed by atoms with Gasteiger partial charge in [-0.3, -0.25) is 0 Å². The lowest BCUT2D eigenvalue weighted by Gasteiger charge is -2.19. The molecule has 0 spiro atoms. The minimum atomic E-state index is -2.46. The van der Waals surface area contributed by atoms with Crippen LogP contribution >= 0.6 is 11.6 Å². The van der Waals surface area contributed by atoms with E-state index in [9.17, 15) is 13.2 Å². The smallest absolute Gasteiger partial charge is 0.261 e. The number of hydrogen-bond donors (Lipinski definition) is 1. The van der Waals surface area contributed by atoms with E-state index in [0.29, 0.717) is 23.4 Å². The Bertz CT molecular complexity index is 418. The average Bonchev–Trinajstić information content (AvgIpc) is 2.44. The van der Waals surface area contributed by atoms with E-state index >= 15 is 0 Å². The molecule has 0 aliphatic heterocycles. The normalized spacial score (nSPS) is 12.9. The van der Waals surface area contributed by atoms with Crippen molar-refractivity contribution in [1.29, 1.82) is 0 Å². The molecule has 1 unspecified atom stereocenters. The van der Waals surface area contributed by atoms with Crippen LogP contribution in [0.25, 0.3) is 0 Å². The second kappa shape index (κ2) is 10.0. The summed E-state index contributed by atoms with van der Waals surface area (Å²) in [5, 5.41) is 3.76. The molecule has 0 aliphatic rings. The Hall–Kier alpha value is -0.780. The van der Waals surface area contributed by atoms with Crippen LogP contribution in [0.15, 0.2) is 18.2 Å². The molecule has 21 heavy (non-hydrogen) atoms. The number of benzene rings is 1. The lowest BCUT2D eigenvalue weighted by atomic mass is 10.0. The van der Waals surface area contributed by atoms with Crippen molar-refractivity contribution in [3.63, 3.8) is 0 Å². The Morgan fingerprint density at radius 3 is 2.76 bits per heavy atom. The van der Waals surface area contributed by atoms with Crippen LogP contribution in [0.4, 0.5) is 13.2 Å². The third-order valence-electron chi connectivity index (χ3n) is 3.01. The van der Waals surface area contributed by atoms with Crippen molar-refractivity contribution in [1.82, 2.24) is 5.32 Å². The second-order valence-corrected chi connectivity index (χ2v) is 5.28. The first kappa shape index (κ1) is 18.3. The van der Waals surface area contributed by atoms with Crippen LogP contribution in [0.2, 0.25) is 5.02 Å². The third-order valence-corrected chi connectivity index (χ3v) is 3.25. The molecule has 120 valence electrons. The third kappa shape index (κ3) is 7.69. The molecule has 0 fully saturated rings. The van der Waals surface area contributed by atoms with Gasteiger partial charge in [0.25, 0.3) is 6.43 Å². The van der Waals surface area contributed by atoms with Gasteiger partial charge in [-0.25, -0.2) is 13.2 Å². The zero-order chi connectivity index (χ0) is 15.7. The van der Waals surface area contributed by atoms with Gasteiger partial charge in [0.1, 0.15) is 12.4 Å². The van der Waals surface area contributed by atoms with Gasteiger partial charge in [0.05, 0.1) is 0 Å². The predicted octanol–water partition coefficient (Wildman–Crippen LogP) is 4.06. The van der Waals surface area contributed by atoms with Crippen LogP contribution in [-0.4, -0.2) is 32.2 Å². The lowest BCUT2D eigenvalue weighted by molar-refractivity contribution is 0.0144. The summed E-state index contributed by atoms with van der Waals surface area (Å²) in [7, 11) is 0.